The van der Waals surface area contributed by atoms with Crippen LogP contribution in [0.4, 0.5) is 0 Å². The van der Waals surface area contributed by atoms with E-state index in [0.717, 1.165) is 0 Å². The first-order valence-corrected chi connectivity index (χ1v) is 11.6. The maximum atomic E-state index is 12.5. The highest BCUT2D eigenvalue weighted by Crippen LogP contribution is 2.36. The molecule has 0 amide bonds. The minimum Gasteiger partial charge on any atom is -0.460 e. The van der Waals surface area contributed by atoms with Crippen LogP contribution in [0, 0.1) is 6.92 Å². The molecule has 2 saturated heterocycles. The van der Waals surface area contributed by atoms with Crippen LogP contribution in [0.1, 0.15) is 59.8 Å². The van der Waals surface area contributed by atoms with Crippen molar-refractivity contribution in [3.05, 3.63) is 68.5 Å². The first-order chi connectivity index (χ1) is 17.2. The van der Waals surface area contributed by atoms with Crippen molar-refractivity contribution < 1.29 is 24.2 Å². The average Bonchev–Trinajstić information content (AvgIpc) is 3.62. The summed E-state index contributed by atoms with van der Waals surface area (Å²) in [6.07, 6.45) is 4.11. The lowest BCUT2D eigenvalue weighted by atomic mass is 10.1. The van der Waals surface area contributed by atoms with Gasteiger partial charge in [0.05, 0.1) is 24.0 Å². The van der Waals surface area contributed by atoms with Gasteiger partial charge in [-0.05, 0) is 19.1 Å². The zero-order chi connectivity index (χ0) is 25.6. The molecule has 2 fully saturated rings. The summed E-state index contributed by atoms with van der Waals surface area (Å²) in [6.45, 7) is 2.74. The average molecular weight is 498 g/mol. The Hall–Kier alpha value is -3.84. The van der Waals surface area contributed by atoms with Gasteiger partial charge in [-0.15, -0.1) is 5.10 Å². The Morgan fingerprint density at radius 3 is 2.78 bits per heavy atom. The van der Waals surface area contributed by atoms with Crippen LogP contribution in [-0.4, -0.2) is 64.8 Å². The van der Waals surface area contributed by atoms with E-state index in [0.29, 0.717) is 36.2 Å². The van der Waals surface area contributed by atoms with Crippen molar-refractivity contribution in [2.75, 3.05) is 6.61 Å². The number of aryl methyl sites for hydroxylation is 1. The van der Waals surface area contributed by atoms with E-state index in [1.807, 2.05) is 0 Å². The van der Waals surface area contributed by atoms with Gasteiger partial charge < -0.3 is 19.1 Å². The summed E-state index contributed by atoms with van der Waals surface area (Å²) < 4.78 is 15.9. The minimum absolute atomic E-state index is 0.131. The highest BCUT2D eigenvalue weighted by atomic mass is 16.6. The van der Waals surface area contributed by atoms with Crippen molar-refractivity contribution in [3.8, 4) is 0 Å². The number of ketones is 1. The molecule has 3 aromatic heterocycles. The molecule has 0 aliphatic carbocycles. The molecule has 13 heteroatoms. The van der Waals surface area contributed by atoms with Crippen molar-refractivity contribution >= 4 is 11.8 Å². The SMILES string of the molecule is CC(=O)c1cccn1[C@H]1C[C@H](Cc2cn([C@H]3C[C@H](n4cc(C)c(=O)[nH]c4=O)O[C@@H]3CO)nn2)OC1=O. The molecular formula is C23H26N6O7. The number of aromatic amines is 1. The number of aromatic nitrogens is 6. The molecule has 0 saturated carbocycles. The Labute approximate surface area is 204 Å². The van der Waals surface area contributed by atoms with E-state index >= 15 is 0 Å². The standard InChI is InChI=1S/C23H26N6O7/c1-12-9-28(23(34)24-21(12)32)20-8-17(19(11-30)36-20)29-10-14(25-26-29)6-15-7-18(22(33)35-15)27-5-3-4-16(27)13(2)31/h3-5,9-10,15,17-20,30H,6-8,11H2,1-2H3,(H,24,32,34)/t15-,17-,18-,19+,20+/m0/s1. The van der Waals surface area contributed by atoms with Gasteiger partial charge in [-0.3, -0.25) is 19.1 Å². The van der Waals surface area contributed by atoms with Crippen molar-refractivity contribution in [3.63, 3.8) is 0 Å². The summed E-state index contributed by atoms with van der Waals surface area (Å²) in [5.41, 5.74) is 0.344. The summed E-state index contributed by atoms with van der Waals surface area (Å²) in [4.78, 5) is 50.6. The second-order valence-electron chi connectivity index (χ2n) is 9.15. The molecule has 0 aromatic carbocycles. The molecule has 2 aliphatic rings. The predicted molar refractivity (Wildman–Crippen MR) is 122 cm³/mol. The summed E-state index contributed by atoms with van der Waals surface area (Å²) in [6, 6.07) is 2.41. The van der Waals surface area contributed by atoms with Crippen LogP contribution < -0.4 is 11.2 Å². The van der Waals surface area contributed by atoms with Crippen LogP contribution in [0.15, 0.2) is 40.3 Å². The molecule has 13 nitrogen and oxygen atoms in total. The highest BCUT2D eigenvalue weighted by molar-refractivity contribution is 5.93. The molecule has 5 heterocycles. The first kappa shape index (κ1) is 23.9. The number of hydrogen-bond acceptors (Lipinski definition) is 9. The fraction of sp³-hybridized carbons (Fsp3) is 0.478. The highest BCUT2D eigenvalue weighted by Gasteiger charge is 2.40. The lowest BCUT2D eigenvalue weighted by Gasteiger charge is -2.15. The fourth-order valence-electron chi connectivity index (χ4n) is 4.88. The van der Waals surface area contributed by atoms with E-state index in [9.17, 15) is 24.3 Å². The Bertz CT molecular complexity index is 1420. The molecule has 0 unspecified atom stereocenters. The molecule has 3 aromatic rings. The van der Waals surface area contributed by atoms with Gasteiger partial charge in [0.2, 0.25) is 0 Å². The molecule has 2 aliphatic heterocycles. The van der Waals surface area contributed by atoms with Gasteiger partial charge in [0.1, 0.15) is 24.5 Å². The van der Waals surface area contributed by atoms with Crippen LogP contribution in [0.3, 0.4) is 0 Å². The number of esters is 1. The lowest BCUT2D eigenvalue weighted by Crippen LogP contribution is -2.33. The van der Waals surface area contributed by atoms with Gasteiger partial charge in [0.15, 0.2) is 5.78 Å². The maximum absolute atomic E-state index is 12.5. The number of H-pyrrole nitrogens is 1. The molecular weight excluding hydrogens is 472 g/mol. The van der Waals surface area contributed by atoms with Crippen molar-refractivity contribution in [2.24, 2.45) is 0 Å². The van der Waals surface area contributed by atoms with E-state index in [1.54, 1.807) is 40.7 Å². The molecule has 190 valence electrons. The fourth-order valence-corrected chi connectivity index (χ4v) is 4.88. The van der Waals surface area contributed by atoms with E-state index in [1.165, 1.54) is 17.7 Å². The van der Waals surface area contributed by atoms with Gasteiger partial charge in [0.25, 0.3) is 5.56 Å². The number of carbonyl (C=O) groups is 2. The zero-order valence-electron chi connectivity index (χ0n) is 19.7. The Morgan fingerprint density at radius 2 is 2.03 bits per heavy atom. The van der Waals surface area contributed by atoms with E-state index in [2.05, 4.69) is 15.3 Å². The van der Waals surface area contributed by atoms with Crippen LogP contribution in [0.2, 0.25) is 0 Å². The molecule has 2 N–H and O–H groups in total. The number of nitrogens with zero attached hydrogens (tertiary/aromatic N) is 5. The minimum atomic E-state index is -0.698. The quantitative estimate of drug-likeness (QED) is 0.339. The van der Waals surface area contributed by atoms with Gasteiger partial charge in [-0.25, -0.2) is 14.3 Å². The van der Waals surface area contributed by atoms with E-state index in [-0.39, 0.29) is 12.4 Å². The summed E-state index contributed by atoms with van der Waals surface area (Å²) in [5.74, 6) is -0.533. The monoisotopic (exact) mass is 498 g/mol. The molecule has 36 heavy (non-hydrogen) atoms. The van der Waals surface area contributed by atoms with Crippen LogP contribution in [0.5, 0.6) is 0 Å². The first-order valence-electron chi connectivity index (χ1n) is 11.6. The van der Waals surface area contributed by atoms with Crippen LogP contribution in [-0.2, 0) is 20.7 Å². The second kappa shape index (κ2) is 9.32. The molecule has 0 radical (unpaired) electrons. The third-order valence-corrected chi connectivity index (χ3v) is 6.69. The number of nitrogens with one attached hydrogen (secondary N) is 1. The number of hydrogen-bond donors (Lipinski definition) is 2. The van der Waals surface area contributed by atoms with Gasteiger partial charge in [-0.1, -0.05) is 5.21 Å². The topological polar surface area (TPSA) is 163 Å². The number of aliphatic hydroxyl groups is 1. The third-order valence-electron chi connectivity index (χ3n) is 6.69. The summed E-state index contributed by atoms with van der Waals surface area (Å²) in [7, 11) is 0. The lowest BCUT2D eigenvalue weighted by molar-refractivity contribution is -0.143. The number of aliphatic hydroxyl groups excluding tert-OH is 1. The molecule has 0 bridgehead atoms. The zero-order valence-corrected chi connectivity index (χ0v) is 19.7. The van der Waals surface area contributed by atoms with Crippen molar-refractivity contribution in [1.82, 2.24) is 29.1 Å². The predicted octanol–water partition coefficient (Wildman–Crippen LogP) is 0.0610. The summed E-state index contributed by atoms with van der Waals surface area (Å²) in [5, 5.41) is 18.2. The number of Topliss-reactive ketones (excluding diaryl/α,β-unsaturated/α-hetero) is 1. The molecule has 5 rings (SSSR count). The van der Waals surface area contributed by atoms with Gasteiger partial charge >= 0.3 is 11.7 Å². The summed E-state index contributed by atoms with van der Waals surface area (Å²) >= 11 is 0. The van der Waals surface area contributed by atoms with E-state index in [4.69, 9.17) is 9.47 Å². The number of ether oxygens (including phenoxy) is 2. The van der Waals surface area contributed by atoms with Crippen LogP contribution >= 0.6 is 0 Å². The Balaban J connectivity index is 1.29. The van der Waals surface area contributed by atoms with E-state index < -0.39 is 47.7 Å². The molecule has 5 atom stereocenters. The number of cyclic esters (lactones) is 1. The molecule has 0 spiro atoms. The normalized spacial score (nSPS) is 25.9. The Kier molecular flexibility index (Phi) is 6.18. The second-order valence-corrected chi connectivity index (χ2v) is 9.15. The van der Waals surface area contributed by atoms with Gasteiger partial charge in [0, 0.05) is 50.3 Å². The maximum Gasteiger partial charge on any atom is 0.330 e. The largest absolute Gasteiger partial charge is 0.460 e. The van der Waals surface area contributed by atoms with Gasteiger partial charge in [-0.2, -0.15) is 0 Å². The van der Waals surface area contributed by atoms with Crippen molar-refractivity contribution in [1.29, 1.82) is 0 Å². The Morgan fingerprint density at radius 1 is 1.22 bits per heavy atom. The third kappa shape index (κ3) is 4.31. The smallest absolute Gasteiger partial charge is 0.330 e. The number of carbonyl (C=O) groups excluding carboxylic acids is 2. The van der Waals surface area contributed by atoms with Crippen molar-refractivity contribution in [2.45, 2.75) is 63.6 Å². The number of rotatable bonds is 7. The van der Waals surface area contributed by atoms with Crippen LogP contribution in [0.25, 0.3) is 0 Å².